The van der Waals surface area contributed by atoms with E-state index in [1.807, 2.05) is 18.2 Å². The fraction of sp³-hybridized carbons (Fsp3) is 0. The summed E-state index contributed by atoms with van der Waals surface area (Å²) >= 11 is 1.71. The minimum atomic E-state index is 0.946. The van der Waals surface area contributed by atoms with E-state index in [0.717, 1.165) is 10.9 Å². The minimum Gasteiger partial charge on any atom is -0.159 e. The average Bonchev–Trinajstić information content (AvgIpc) is 2.82. The third-order valence-electron chi connectivity index (χ3n) is 2.39. The van der Waals surface area contributed by atoms with Crippen molar-refractivity contribution in [3.05, 3.63) is 47.3 Å². The first-order valence-corrected chi connectivity index (χ1v) is 5.62. The number of fused-ring (bicyclic) bond motifs is 1. The molecule has 2 nitrogen and oxygen atoms in total. The molecule has 2 aromatic heterocycles. The molecule has 0 fully saturated rings. The average molecular weight is 212 g/mol. The lowest BCUT2D eigenvalue weighted by atomic mass is 10.0. The molecule has 3 heteroatoms. The molecule has 2 heterocycles. The van der Waals surface area contributed by atoms with E-state index in [1.54, 1.807) is 17.5 Å². The number of aromatic nitrogens is 2. The summed E-state index contributed by atoms with van der Waals surface area (Å²) in [5.74, 6) is 0. The van der Waals surface area contributed by atoms with E-state index in [4.69, 9.17) is 0 Å². The predicted octanol–water partition coefficient (Wildman–Crippen LogP) is 3.36. The second-order valence-electron chi connectivity index (χ2n) is 3.28. The highest BCUT2D eigenvalue weighted by molar-refractivity contribution is 7.08. The Kier molecular flexibility index (Phi) is 1.96. The normalized spacial score (nSPS) is 10.7. The van der Waals surface area contributed by atoms with Crippen LogP contribution in [0.25, 0.3) is 22.0 Å². The van der Waals surface area contributed by atoms with Crippen LogP contribution in [0.1, 0.15) is 0 Å². The third kappa shape index (κ3) is 1.41. The molecule has 0 bridgehead atoms. The molecule has 0 spiro atoms. The monoisotopic (exact) mass is 212 g/mol. The predicted molar refractivity (Wildman–Crippen MR) is 62.9 cm³/mol. The summed E-state index contributed by atoms with van der Waals surface area (Å²) < 4.78 is 0. The highest BCUT2D eigenvalue weighted by Gasteiger charge is 2.03. The van der Waals surface area contributed by atoms with E-state index >= 15 is 0 Å². The fourth-order valence-corrected chi connectivity index (χ4v) is 2.34. The summed E-state index contributed by atoms with van der Waals surface area (Å²) in [6.45, 7) is 0. The first-order valence-electron chi connectivity index (χ1n) is 4.68. The van der Waals surface area contributed by atoms with Gasteiger partial charge in [-0.15, -0.1) is 0 Å². The Bertz CT molecular complexity index is 582. The lowest BCUT2D eigenvalue weighted by Crippen LogP contribution is -1.84. The smallest absolute Gasteiger partial charge is 0.0935 e. The van der Waals surface area contributed by atoms with Crippen molar-refractivity contribution in [2.75, 3.05) is 0 Å². The zero-order valence-electron chi connectivity index (χ0n) is 7.92. The Labute approximate surface area is 91.2 Å². The quantitative estimate of drug-likeness (QED) is 0.618. The van der Waals surface area contributed by atoms with Gasteiger partial charge in [0.25, 0.3) is 0 Å². The van der Waals surface area contributed by atoms with Crippen LogP contribution in [0.4, 0.5) is 0 Å². The molecule has 0 amide bonds. The molecule has 3 rings (SSSR count). The summed E-state index contributed by atoms with van der Waals surface area (Å²) in [7, 11) is 0. The van der Waals surface area contributed by atoms with Crippen LogP contribution in [0.5, 0.6) is 0 Å². The zero-order chi connectivity index (χ0) is 10.1. The maximum atomic E-state index is 4.11. The summed E-state index contributed by atoms with van der Waals surface area (Å²) in [5, 5.41) is 13.4. The van der Waals surface area contributed by atoms with Gasteiger partial charge < -0.3 is 0 Å². The molecular weight excluding hydrogens is 204 g/mol. The lowest BCUT2D eigenvalue weighted by Gasteiger charge is -2.02. The van der Waals surface area contributed by atoms with Crippen LogP contribution < -0.4 is 0 Å². The summed E-state index contributed by atoms with van der Waals surface area (Å²) in [5.41, 5.74) is 3.42. The van der Waals surface area contributed by atoms with Gasteiger partial charge in [-0.2, -0.15) is 21.5 Å². The van der Waals surface area contributed by atoms with E-state index in [1.165, 1.54) is 11.1 Å². The number of hydrogen-bond donors (Lipinski definition) is 0. The molecule has 0 aliphatic heterocycles. The SMILES string of the molecule is c1cc(-c2ccsc2)c2ccnnc2c1. The van der Waals surface area contributed by atoms with Gasteiger partial charge >= 0.3 is 0 Å². The molecule has 0 saturated carbocycles. The van der Waals surface area contributed by atoms with Crippen molar-refractivity contribution in [2.45, 2.75) is 0 Å². The van der Waals surface area contributed by atoms with E-state index < -0.39 is 0 Å². The standard InChI is InChI=1S/C12H8N2S/c1-2-10(9-5-7-15-8-9)11-4-6-13-14-12(11)3-1/h1-8H. The van der Waals surface area contributed by atoms with E-state index in [-0.39, 0.29) is 0 Å². The summed E-state index contributed by atoms with van der Waals surface area (Å²) in [6.07, 6.45) is 1.73. The number of hydrogen-bond acceptors (Lipinski definition) is 3. The van der Waals surface area contributed by atoms with Gasteiger partial charge in [0.15, 0.2) is 0 Å². The molecule has 0 radical (unpaired) electrons. The van der Waals surface area contributed by atoms with Gasteiger partial charge in [0.05, 0.1) is 11.7 Å². The molecule has 0 N–H and O–H groups in total. The van der Waals surface area contributed by atoms with Crippen molar-refractivity contribution in [3.63, 3.8) is 0 Å². The van der Waals surface area contributed by atoms with Crippen molar-refractivity contribution in [3.8, 4) is 11.1 Å². The maximum Gasteiger partial charge on any atom is 0.0935 e. The Morgan fingerprint density at radius 2 is 2.07 bits per heavy atom. The molecule has 0 aliphatic rings. The van der Waals surface area contributed by atoms with Gasteiger partial charge in [-0.1, -0.05) is 12.1 Å². The van der Waals surface area contributed by atoms with Crippen LogP contribution in [-0.4, -0.2) is 10.2 Å². The van der Waals surface area contributed by atoms with Crippen molar-refractivity contribution in [2.24, 2.45) is 0 Å². The first-order chi connectivity index (χ1) is 7.45. The Morgan fingerprint density at radius 3 is 2.93 bits per heavy atom. The van der Waals surface area contributed by atoms with Crippen LogP contribution in [0.3, 0.4) is 0 Å². The van der Waals surface area contributed by atoms with Gasteiger partial charge in [-0.05, 0) is 40.1 Å². The number of thiophene rings is 1. The van der Waals surface area contributed by atoms with Gasteiger partial charge in [0, 0.05) is 5.39 Å². The minimum absolute atomic E-state index is 0.946. The summed E-state index contributed by atoms with van der Waals surface area (Å²) in [4.78, 5) is 0. The highest BCUT2D eigenvalue weighted by atomic mass is 32.1. The van der Waals surface area contributed by atoms with Gasteiger partial charge in [0.2, 0.25) is 0 Å². The van der Waals surface area contributed by atoms with Crippen molar-refractivity contribution >= 4 is 22.2 Å². The molecule has 3 aromatic rings. The molecule has 72 valence electrons. The third-order valence-corrected chi connectivity index (χ3v) is 3.07. The largest absolute Gasteiger partial charge is 0.159 e. The lowest BCUT2D eigenvalue weighted by molar-refractivity contribution is 1.08. The van der Waals surface area contributed by atoms with Crippen LogP contribution in [-0.2, 0) is 0 Å². The van der Waals surface area contributed by atoms with E-state index in [0.29, 0.717) is 0 Å². The Hall–Kier alpha value is -1.74. The van der Waals surface area contributed by atoms with Crippen LogP contribution in [0.15, 0.2) is 47.3 Å². The van der Waals surface area contributed by atoms with Crippen molar-refractivity contribution < 1.29 is 0 Å². The molecular formula is C12H8N2S. The second-order valence-corrected chi connectivity index (χ2v) is 4.06. The number of benzene rings is 1. The molecule has 0 aliphatic carbocycles. The molecule has 0 atom stereocenters. The van der Waals surface area contributed by atoms with Crippen LogP contribution in [0, 0.1) is 0 Å². The van der Waals surface area contributed by atoms with Crippen LogP contribution in [0.2, 0.25) is 0 Å². The highest BCUT2D eigenvalue weighted by Crippen LogP contribution is 2.28. The Morgan fingerprint density at radius 1 is 1.07 bits per heavy atom. The zero-order valence-corrected chi connectivity index (χ0v) is 8.74. The van der Waals surface area contributed by atoms with Crippen molar-refractivity contribution in [1.82, 2.24) is 10.2 Å². The fourth-order valence-electron chi connectivity index (χ4n) is 1.69. The summed E-state index contributed by atoms with van der Waals surface area (Å²) in [6, 6.07) is 10.3. The second kappa shape index (κ2) is 3.44. The maximum absolute atomic E-state index is 4.11. The Balaban J connectivity index is 2.36. The number of nitrogens with zero attached hydrogens (tertiary/aromatic N) is 2. The van der Waals surface area contributed by atoms with Gasteiger partial charge in [0.1, 0.15) is 0 Å². The molecule has 1 aromatic carbocycles. The van der Waals surface area contributed by atoms with Crippen molar-refractivity contribution in [1.29, 1.82) is 0 Å². The number of rotatable bonds is 1. The molecule has 0 saturated heterocycles. The first kappa shape index (κ1) is 8.56. The molecule has 15 heavy (non-hydrogen) atoms. The topological polar surface area (TPSA) is 25.8 Å². The van der Waals surface area contributed by atoms with E-state index in [9.17, 15) is 0 Å². The van der Waals surface area contributed by atoms with Gasteiger partial charge in [-0.25, -0.2) is 0 Å². The van der Waals surface area contributed by atoms with Gasteiger partial charge in [-0.3, -0.25) is 0 Å². The van der Waals surface area contributed by atoms with Crippen LogP contribution >= 0.6 is 11.3 Å². The molecule has 0 unspecified atom stereocenters. The van der Waals surface area contributed by atoms with E-state index in [2.05, 4.69) is 33.1 Å².